The second kappa shape index (κ2) is 6.88. The van der Waals surface area contributed by atoms with Crippen molar-refractivity contribution in [3.63, 3.8) is 0 Å². The molecule has 1 fully saturated rings. The van der Waals surface area contributed by atoms with Crippen molar-refractivity contribution in [3.05, 3.63) is 29.8 Å². The van der Waals surface area contributed by atoms with E-state index in [2.05, 4.69) is 5.32 Å². The van der Waals surface area contributed by atoms with E-state index in [0.29, 0.717) is 17.6 Å². The lowest BCUT2D eigenvalue weighted by molar-refractivity contribution is -0.136. The second-order valence-corrected chi connectivity index (χ2v) is 5.04. The molecular formula is C15H18N2O4. The SMILES string of the molecule is CN(CC(=O)NC1CC1)C(=O)COc1ccccc1C=O. The highest BCUT2D eigenvalue weighted by Crippen LogP contribution is 2.18. The molecule has 2 amide bonds. The highest BCUT2D eigenvalue weighted by atomic mass is 16.5. The minimum Gasteiger partial charge on any atom is -0.483 e. The van der Waals surface area contributed by atoms with Gasteiger partial charge < -0.3 is 15.0 Å². The van der Waals surface area contributed by atoms with E-state index in [9.17, 15) is 14.4 Å². The van der Waals surface area contributed by atoms with Crippen molar-refractivity contribution in [1.29, 1.82) is 0 Å². The minimum atomic E-state index is -0.318. The summed E-state index contributed by atoms with van der Waals surface area (Å²) in [6.07, 6.45) is 2.69. The number of nitrogens with one attached hydrogen (secondary N) is 1. The first-order chi connectivity index (χ1) is 10.1. The van der Waals surface area contributed by atoms with Crippen molar-refractivity contribution in [2.75, 3.05) is 20.2 Å². The van der Waals surface area contributed by atoms with Crippen LogP contribution in [0.1, 0.15) is 23.2 Å². The maximum atomic E-state index is 11.9. The number of ether oxygens (including phenoxy) is 1. The summed E-state index contributed by atoms with van der Waals surface area (Å²) in [7, 11) is 1.55. The summed E-state index contributed by atoms with van der Waals surface area (Å²) in [6, 6.07) is 6.94. The Balaban J connectivity index is 1.80. The van der Waals surface area contributed by atoms with Gasteiger partial charge in [-0.15, -0.1) is 0 Å². The molecule has 0 atom stereocenters. The van der Waals surface area contributed by atoms with Crippen LogP contribution in [0.4, 0.5) is 0 Å². The van der Waals surface area contributed by atoms with Gasteiger partial charge >= 0.3 is 0 Å². The van der Waals surface area contributed by atoms with Crippen LogP contribution in [0.5, 0.6) is 5.75 Å². The lowest BCUT2D eigenvalue weighted by atomic mass is 10.2. The Kier molecular flexibility index (Phi) is 4.92. The van der Waals surface area contributed by atoms with Crippen LogP contribution in [0, 0.1) is 0 Å². The fraction of sp³-hybridized carbons (Fsp3) is 0.400. The van der Waals surface area contributed by atoms with Gasteiger partial charge in [0.1, 0.15) is 5.75 Å². The highest BCUT2D eigenvalue weighted by molar-refractivity contribution is 5.86. The van der Waals surface area contributed by atoms with Crippen molar-refractivity contribution in [3.8, 4) is 5.75 Å². The maximum Gasteiger partial charge on any atom is 0.260 e. The smallest absolute Gasteiger partial charge is 0.260 e. The topological polar surface area (TPSA) is 75.7 Å². The van der Waals surface area contributed by atoms with Gasteiger partial charge in [-0.3, -0.25) is 14.4 Å². The zero-order valence-electron chi connectivity index (χ0n) is 11.9. The van der Waals surface area contributed by atoms with E-state index in [1.165, 1.54) is 4.90 Å². The Morgan fingerprint density at radius 2 is 2.10 bits per heavy atom. The van der Waals surface area contributed by atoms with E-state index >= 15 is 0 Å². The fourth-order valence-electron chi connectivity index (χ4n) is 1.76. The minimum absolute atomic E-state index is 0.00796. The quantitative estimate of drug-likeness (QED) is 0.747. The Hall–Kier alpha value is -2.37. The molecule has 0 unspecified atom stereocenters. The first-order valence-electron chi connectivity index (χ1n) is 6.80. The van der Waals surface area contributed by atoms with Gasteiger partial charge in [0.2, 0.25) is 5.91 Å². The van der Waals surface area contributed by atoms with Crippen molar-refractivity contribution in [2.45, 2.75) is 18.9 Å². The molecule has 0 spiro atoms. The van der Waals surface area contributed by atoms with E-state index in [4.69, 9.17) is 4.74 Å². The van der Waals surface area contributed by atoms with Gasteiger partial charge in [0.15, 0.2) is 12.9 Å². The van der Waals surface area contributed by atoms with Gasteiger partial charge in [-0.05, 0) is 25.0 Å². The van der Waals surface area contributed by atoms with Crippen LogP contribution in [-0.2, 0) is 9.59 Å². The Morgan fingerprint density at radius 3 is 2.76 bits per heavy atom. The molecule has 0 aliphatic heterocycles. The zero-order valence-corrected chi connectivity index (χ0v) is 11.9. The van der Waals surface area contributed by atoms with Crippen LogP contribution in [0.25, 0.3) is 0 Å². The van der Waals surface area contributed by atoms with Crippen molar-refractivity contribution in [2.24, 2.45) is 0 Å². The van der Waals surface area contributed by atoms with E-state index in [-0.39, 0.29) is 31.0 Å². The average Bonchev–Trinajstić information content (AvgIpc) is 3.28. The standard InChI is InChI=1S/C15H18N2O4/c1-17(8-14(19)16-12-6-7-12)15(20)10-21-13-5-3-2-4-11(13)9-18/h2-5,9,12H,6-8,10H2,1H3,(H,16,19). The van der Waals surface area contributed by atoms with Crippen molar-refractivity contribution in [1.82, 2.24) is 10.2 Å². The second-order valence-electron chi connectivity index (χ2n) is 5.04. The van der Waals surface area contributed by atoms with E-state index in [1.54, 1.807) is 31.3 Å². The highest BCUT2D eigenvalue weighted by Gasteiger charge is 2.24. The van der Waals surface area contributed by atoms with Gasteiger partial charge in [0.05, 0.1) is 12.1 Å². The number of carbonyl (C=O) groups excluding carboxylic acids is 3. The lowest BCUT2D eigenvalue weighted by Gasteiger charge is -2.17. The molecule has 1 aromatic carbocycles. The summed E-state index contributed by atoms with van der Waals surface area (Å²) < 4.78 is 5.33. The monoisotopic (exact) mass is 290 g/mol. The summed E-state index contributed by atoms with van der Waals surface area (Å²) >= 11 is 0. The van der Waals surface area contributed by atoms with Gasteiger partial charge in [0.25, 0.3) is 5.91 Å². The number of hydrogen-bond donors (Lipinski definition) is 1. The third-order valence-corrected chi connectivity index (χ3v) is 3.15. The summed E-state index contributed by atoms with van der Waals surface area (Å²) in [4.78, 5) is 35.6. The molecular weight excluding hydrogens is 272 g/mol. The van der Waals surface area contributed by atoms with Crippen LogP contribution in [0.3, 0.4) is 0 Å². The first kappa shape index (κ1) is 15.0. The predicted molar refractivity (Wildman–Crippen MR) is 76.1 cm³/mol. The summed E-state index contributed by atoms with van der Waals surface area (Å²) in [5, 5.41) is 2.81. The number of nitrogens with zero attached hydrogens (tertiary/aromatic N) is 1. The molecule has 0 heterocycles. The number of hydrogen-bond acceptors (Lipinski definition) is 4. The van der Waals surface area contributed by atoms with Crippen molar-refractivity contribution < 1.29 is 19.1 Å². The van der Waals surface area contributed by atoms with E-state index < -0.39 is 0 Å². The maximum absolute atomic E-state index is 11.9. The predicted octanol–water partition coefficient (Wildman–Crippen LogP) is 0.615. The molecule has 2 rings (SSSR count). The van der Waals surface area contributed by atoms with Gasteiger partial charge in [0, 0.05) is 13.1 Å². The molecule has 0 saturated heterocycles. The zero-order chi connectivity index (χ0) is 15.2. The molecule has 6 heteroatoms. The summed E-state index contributed by atoms with van der Waals surface area (Å²) in [6.45, 7) is -0.202. The molecule has 6 nitrogen and oxygen atoms in total. The van der Waals surface area contributed by atoms with Crippen LogP contribution >= 0.6 is 0 Å². The van der Waals surface area contributed by atoms with Gasteiger partial charge in [-0.1, -0.05) is 12.1 Å². The van der Waals surface area contributed by atoms with Crippen molar-refractivity contribution >= 4 is 18.1 Å². The molecule has 0 bridgehead atoms. The van der Waals surface area contributed by atoms with Crippen LogP contribution in [0.2, 0.25) is 0 Å². The van der Waals surface area contributed by atoms with Crippen LogP contribution < -0.4 is 10.1 Å². The molecule has 1 aliphatic carbocycles. The van der Waals surface area contributed by atoms with E-state index in [1.807, 2.05) is 0 Å². The van der Waals surface area contributed by atoms with Gasteiger partial charge in [-0.25, -0.2) is 0 Å². The largest absolute Gasteiger partial charge is 0.483 e. The molecule has 1 aliphatic rings. The van der Waals surface area contributed by atoms with E-state index in [0.717, 1.165) is 12.8 Å². The molecule has 1 saturated carbocycles. The normalized spacial score (nSPS) is 13.4. The van der Waals surface area contributed by atoms with Gasteiger partial charge in [-0.2, -0.15) is 0 Å². The van der Waals surface area contributed by atoms with Crippen LogP contribution in [-0.4, -0.2) is 49.2 Å². The third-order valence-electron chi connectivity index (χ3n) is 3.15. The fourth-order valence-corrected chi connectivity index (χ4v) is 1.76. The number of para-hydroxylation sites is 1. The van der Waals surface area contributed by atoms with Crippen LogP contribution in [0.15, 0.2) is 24.3 Å². The lowest BCUT2D eigenvalue weighted by Crippen LogP contribution is -2.41. The average molecular weight is 290 g/mol. The number of benzene rings is 1. The molecule has 1 aromatic rings. The number of aldehydes is 1. The first-order valence-corrected chi connectivity index (χ1v) is 6.80. The number of amides is 2. The summed E-state index contributed by atoms with van der Waals surface area (Å²) in [5.74, 6) is -0.125. The molecule has 1 N–H and O–H groups in total. The number of carbonyl (C=O) groups is 3. The molecule has 0 aromatic heterocycles. The third kappa shape index (κ3) is 4.59. The molecule has 21 heavy (non-hydrogen) atoms. The number of rotatable bonds is 7. The summed E-state index contributed by atoms with van der Waals surface area (Å²) in [5.41, 5.74) is 0.388. The molecule has 0 radical (unpaired) electrons. The Labute approximate surface area is 123 Å². The Bertz CT molecular complexity index is 540. The molecule has 112 valence electrons. The Morgan fingerprint density at radius 1 is 1.38 bits per heavy atom. The number of likely N-dealkylation sites (N-methyl/N-ethyl adjacent to an activating group) is 1.